The summed E-state index contributed by atoms with van der Waals surface area (Å²) in [6, 6.07) is 17.9. The van der Waals surface area contributed by atoms with Crippen molar-refractivity contribution in [3.05, 3.63) is 92.4 Å². The van der Waals surface area contributed by atoms with E-state index in [1.165, 1.54) is 0 Å². The third kappa shape index (κ3) is 11.0. The third-order valence-electron chi connectivity index (χ3n) is 9.52. The van der Waals surface area contributed by atoms with Crippen molar-refractivity contribution in [3.8, 4) is 0 Å². The van der Waals surface area contributed by atoms with Crippen LogP contribution in [0.4, 0.5) is 21.0 Å². The number of carbonyl (C=O) groups excluding carboxylic acids is 5. The number of ether oxygens (including phenoxy) is 1. The topological polar surface area (TPSA) is 189 Å². The van der Waals surface area contributed by atoms with Crippen LogP contribution in [0.2, 0.25) is 0 Å². The minimum absolute atomic E-state index is 0.0684. The Balaban J connectivity index is 1.15. The Morgan fingerprint density at radius 1 is 0.943 bits per heavy atom. The van der Waals surface area contributed by atoms with E-state index < -0.39 is 30.0 Å². The molecule has 282 valence electrons. The largest absolute Gasteiger partial charge is 0.445 e. The highest BCUT2D eigenvalue weighted by atomic mass is 79.9. The number of fused-ring (bicyclic) bond motifs is 1. The van der Waals surface area contributed by atoms with Crippen molar-refractivity contribution in [2.45, 2.75) is 69.7 Å². The van der Waals surface area contributed by atoms with E-state index in [9.17, 15) is 24.0 Å². The smallest absolute Gasteiger partial charge is 0.407 e. The molecule has 3 aromatic rings. The fourth-order valence-corrected chi connectivity index (χ4v) is 7.66. The second kappa shape index (κ2) is 19.0. The molecule has 53 heavy (non-hydrogen) atoms. The number of nitrogen functional groups attached to an aromatic ring is 1. The Morgan fingerprint density at radius 2 is 1.62 bits per heavy atom. The first-order valence-electron chi connectivity index (χ1n) is 17.7. The first kappa shape index (κ1) is 39.7. The molecule has 15 heteroatoms. The van der Waals surface area contributed by atoms with Crippen LogP contribution in [0.25, 0.3) is 0 Å². The molecule has 0 radical (unpaired) electrons. The van der Waals surface area contributed by atoms with Crippen LogP contribution in [0.3, 0.4) is 0 Å². The molecule has 1 saturated heterocycles. The van der Waals surface area contributed by atoms with Crippen molar-refractivity contribution in [2.75, 3.05) is 37.2 Å². The van der Waals surface area contributed by atoms with E-state index in [0.29, 0.717) is 78.5 Å². The predicted octanol–water partition coefficient (Wildman–Crippen LogP) is 5.36. The molecule has 0 bridgehead atoms. The monoisotopic (exact) mass is 853 g/mol. The maximum Gasteiger partial charge on any atom is 0.407 e. The van der Waals surface area contributed by atoms with Crippen molar-refractivity contribution in [1.82, 2.24) is 20.4 Å². The molecule has 2 atom stereocenters. The van der Waals surface area contributed by atoms with Gasteiger partial charge in [-0.15, -0.1) is 0 Å². The lowest BCUT2D eigenvalue weighted by Crippen LogP contribution is -2.56. The van der Waals surface area contributed by atoms with Gasteiger partial charge in [0.2, 0.25) is 11.8 Å². The van der Waals surface area contributed by atoms with Crippen LogP contribution in [-0.4, -0.2) is 83.8 Å². The summed E-state index contributed by atoms with van der Waals surface area (Å²) in [6.45, 7) is 1.77. The Labute approximate surface area is 325 Å². The molecule has 1 fully saturated rings. The number of carbonyl (C=O) groups is 5. The Hall–Kier alpha value is -4.47. The molecule has 3 aromatic carbocycles. The molecule has 2 unspecified atom stereocenters. The van der Waals surface area contributed by atoms with Gasteiger partial charge in [0.05, 0.1) is 11.7 Å². The summed E-state index contributed by atoms with van der Waals surface area (Å²) in [5.74, 6) is -1.31. The number of anilines is 2. The van der Waals surface area contributed by atoms with Crippen molar-refractivity contribution in [2.24, 2.45) is 5.73 Å². The second-order valence-electron chi connectivity index (χ2n) is 13.2. The van der Waals surface area contributed by atoms with Gasteiger partial charge in [0.1, 0.15) is 12.6 Å². The lowest BCUT2D eigenvalue weighted by molar-refractivity contribution is -0.137. The number of likely N-dealkylation sites (tertiary alicyclic amines) is 1. The molecule has 2 heterocycles. The highest BCUT2D eigenvalue weighted by molar-refractivity contribution is 9.11. The van der Waals surface area contributed by atoms with Gasteiger partial charge in [0.25, 0.3) is 0 Å². The number of Topliss-reactive ketones (excluding diaryl/α,β-unsaturated/α-hetero) is 1. The summed E-state index contributed by atoms with van der Waals surface area (Å²) in [7, 11) is 0. The van der Waals surface area contributed by atoms with E-state index in [2.05, 4.69) is 47.8 Å². The molecule has 0 saturated carbocycles. The van der Waals surface area contributed by atoms with Crippen LogP contribution in [0.1, 0.15) is 60.0 Å². The Morgan fingerprint density at radius 3 is 2.34 bits per heavy atom. The molecule has 7 N–H and O–H groups in total. The van der Waals surface area contributed by atoms with Crippen LogP contribution in [0.5, 0.6) is 0 Å². The SMILES string of the molecule is Nc1c(Br)cc(C(=O)CC(NC(=O)C(N)CCCCNC(=O)OCc2ccccc2)C(=O)N2CCC(N3CCc4ccccc4NC3=O)CC2)cc1Br. The number of benzene rings is 3. The van der Waals surface area contributed by atoms with Crippen molar-refractivity contribution >= 4 is 73.0 Å². The molecule has 13 nitrogen and oxygen atoms in total. The van der Waals surface area contributed by atoms with Gasteiger partial charge in [-0.25, -0.2) is 9.59 Å². The number of ketones is 1. The molecule has 0 spiro atoms. The molecule has 2 aliphatic heterocycles. The maximum atomic E-state index is 14.0. The summed E-state index contributed by atoms with van der Waals surface area (Å²) in [6.07, 6.45) is 2.38. The van der Waals surface area contributed by atoms with Gasteiger partial charge in [-0.2, -0.15) is 0 Å². The summed E-state index contributed by atoms with van der Waals surface area (Å²) in [4.78, 5) is 69.5. The standard InChI is InChI=1S/C38H45Br2N7O6/c39-28-20-26(21-29(40)34(28)42)33(48)22-32(44-35(49)30(41)11-6-7-16-43-38(52)53-23-24-8-2-1-3-9-24)36(50)46-17-14-27(15-18-46)47-19-13-25-10-4-5-12-31(25)45-37(47)51/h1-5,8-10,12,20-21,27,30,32H,6-7,11,13-19,22-23,41-42H2,(H,43,52)(H,44,49)(H,45,51). The third-order valence-corrected chi connectivity index (χ3v) is 10.8. The van der Waals surface area contributed by atoms with E-state index in [0.717, 1.165) is 23.2 Å². The van der Waals surface area contributed by atoms with E-state index in [1.807, 2.05) is 59.5 Å². The van der Waals surface area contributed by atoms with Gasteiger partial charge < -0.3 is 42.0 Å². The number of urea groups is 1. The number of nitrogens with one attached hydrogen (secondary N) is 3. The fraction of sp³-hybridized carbons (Fsp3) is 0.395. The number of nitrogens with zero attached hydrogens (tertiary/aromatic N) is 2. The molecular formula is C38H45Br2N7O6. The number of para-hydroxylation sites is 1. The minimum atomic E-state index is -1.16. The van der Waals surface area contributed by atoms with Crippen molar-refractivity contribution < 1.29 is 28.7 Å². The maximum absolute atomic E-state index is 14.0. The molecule has 0 aliphatic carbocycles. The summed E-state index contributed by atoms with van der Waals surface area (Å²) >= 11 is 6.73. The normalized spacial score (nSPS) is 15.7. The summed E-state index contributed by atoms with van der Waals surface area (Å²) in [5, 5.41) is 8.46. The number of alkyl carbamates (subject to hydrolysis) is 1. The number of amides is 5. The highest BCUT2D eigenvalue weighted by Crippen LogP contribution is 2.30. The van der Waals surface area contributed by atoms with E-state index >= 15 is 0 Å². The number of unbranched alkanes of at least 4 members (excludes halogenated alkanes) is 1. The van der Waals surface area contributed by atoms with Gasteiger partial charge in [-0.05, 0) is 99.7 Å². The molecule has 2 aliphatic rings. The predicted molar refractivity (Wildman–Crippen MR) is 209 cm³/mol. The average molecular weight is 856 g/mol. The number of hydrogen-bond donors (Lipinski definition) is 5. The van der Waals surface area contributed by atoms with E-state index in [-0.39, 0.29) is 30.9 Å². The van der Waals surface area contributed by atoms with E-state index in [1.54, 1.807) is 17.0 Å². The number of rotatable bonds is 14. The number of halogens is 2. The van der Waals surface area contributed by atoms with Crippen LogP contribution in [-0.2, 0) is 27.4 Å². The number of nitrogens with two attached hydrogens (primary N) is 2. The second-order valence-corrected chi connectivity index (χ2v) is 14.9. The van der Waals surface area contributed by atoms with Crippen LogP contribution >= 0.6 is 31.9 Å². The number of piperidine rings is 1. The van der Waals surface area contributed by atoms with Crippen LogP contribution < -0.4 is 27.4 Å². The molecule has 5 amide bonds. The average Bonchev–Trinajstić information content (AvgIpc) is 3.33. The van der Waals surface area contributed by atoms with Crippen LogP contribution in [0, 0.1) is 0 Å². The zero-order chi connectivity index (χ0) is 37.9. The van der Waals surface area contributed by atoms with Crippen LogP contribution in [0.15, 0.2) is 75.7 Å². The van der Waals surface area contributed by atoms with Gasteiger partial charge in [-0.3, -0.25) is 14.4 Å². The lowest BCUT2D eigenvalue weighted by atomic mass is 9.98. The minimum Gasteiger partial charge on any atom is -0.445 e. The molecular weight excluding hydrogens is 810 g/mol. The zero-order valence-electron chi connectivity index (χ0n) is 29.3. The molecule has 5 rings (SSSR count). The van der Waals surface area contributed by atoms with Gasteiger partial charge in [0, 0.05) is 58.8 Å². The Kier molecular flexibility index (Phi) is 14.3. The zero-order valence-corrected chi connectivity index (χ0v) is 32.5. The van der Waals surface area contributed by atoms with Crippen molar-refractivity contribution in [1.29, 1.82) is 0 Å². The summed E-state index contributed by atoms with van der Waals surface area (Å²) in [5.41, 5.74) is 15.8. The first-order chi connectivity index (χ1) is 25.5. The Bertz CT molecular complexity index is 1760. The van der Waals surface area contributed by atoms with Gasteiger partial charge in [0.15, 0.2) is 5.78 Å². The first-order valence-corrected chi connectivity index (χ1v) is 19.3. The quantitative estimate of drug-likeness (QED) is 0.0815. The summed E-state index contributed by atoms with van der Waals surface area (Å²) < 4.78 is 6.26. The number of hydrogen-bond acceptors (Lipinski definition) is 8. The highest BCUT2D eigenvalue weighted by Gasteiger charge is 2.35. The fourth-order valence-electron chi connectivity index (χ4n) is 6.47. The van der Waals surface area contributed by atoms with Gasteiger partial charge >= 0.3 is 12.1 Å². The molecule has 0 aromatic heterocycles. The lowest BCUT2D eigenvalue weighted by Gasteiger charge is -2.39. The van der Waals surface area contributed by atoms with E-state index in [4.69, 9.17) is 16.2 Å². The van der Waals surface area contributed by atoms with Gasteiger partial charge in [-0.1, -0.05) is 48.5 Å². The van der Waals surface area contributed by atoms with Crippen molar-refractivity contribution in [3.63, 3.8) is 0 Å².